The molecule has 0 aromatic heterocycles. The fraction of sp³-hybridized carbons (Fsp3) is 0.200. The Morgan fingerprint density at radius 1 is 1.19 bits per heavy atom. The van der Waals surface area contributed by atoms with Gasteiger partial charge in [0.1, 0.15) is 18.1 Å². The standard InChI is InChI=1S/C30H36N2O4/c1-7-10-19-31-20-21-36-28-18-16-25(30(23-28)35-6)15-17-27(34)22-26(33)14-12-11-13-24(4)29(8-2)32(5)9-3/h7-20,23,27,34H,1-3,21-22H2,4-6H3/b13-11+,14-12+,17-15+,19-10-,29-24+,31-20?. The zero-order valence-corrected chi connectivity index (χ0v) is 21.3. The molecule has 1 N–H and O–H groups in total. The molecule has 1 rings (SSSR count). The summed E-state index contributed by atoms with van der Waals surface area (Å²) < 4.78 is 11.0. The number of ketones is 1. The van der Waals surface area contributed by atoms with Gasteiger partial charge in [-0.15, -0.1) is 0 Å². The number of ether oxygens (including phenoxy) is 2. The Hall–Kier alpha value is -4.16. The van der Waals surface area contributed by atoms with Gasteiger partial charge in [0.05, 0.1) is 13.2 Å². The van der Waals surface area contributed by atoms with Crippen LogP contribution < -0.4 is 9.47 Å². The Labute approximate surface area is 215 Å². The van der Waals surface area contributed by atoms with Crippen LogP contribution in [0.5, 0.6) is 11.5 Å². The topological polar surface area (TPSA) is 71.4 Å². The molecular weight excluding hydrogens is 452 g/mol. The summed E-state index contributed by atoms with van der Waals surface area (Å²) >= 11 is 0. The van der Waals surface area contributed by atoms with Crippen molar-refractivity contribution < 1.29 is 19.4 Å². The molecule has 0 radical (unpaired) electrons. The number of aliphatic imine (C=N–C) groups is 1. The molecule has 0 aliphatic rings. The lowest BCUT2D eigenvalue weighted by Gasteiger charge is -2.16. The zero-order chi connectivity index (χ0) is 26.8. The molecule has 0 heterocycles. The monoisotopic (exact) mass is 488 g/mol. The summed E-state index contributed by atoms with van der Waals surface area (Å²) in [6.45, 7) is 13.4. The fourth-order valence-electron chi connectivity index (χ4n) is 2.95. The first kappa shape index (κ1) is 29.9. The molecule has 6 heteroatoms. The second kappa shape index (κ2) is 17.3. The highest BCUT2D eigenvalue weighted by Gasteiger charge is 2.07. The van der Waals surface area contributed by atoms with Crippen LogP contribution in [0.3, 0.4) is 0 Å². The number of allylic oxidation sites excluding steroid dienone is 8. The minimum Gasteiger partial charge on any atom is -0.496 e. The predicted molar refractivity (Wildman–Crippen MR) is 150 cm³/mol. The molecule has 1 aromatic rings. The number of carbonyl (C=O) groups is 1. The average Bonchev–Trinajstić information content (AvgIpc) is 2.87. The van der Waals surface area contributed by atoms with Crippen LogP contribution in [-0.4, -0.2) is 48.9 Å². The van der Waals surface area contributed by atoms with Gasteiger partial charge < -0.3 is 19.5 Å². The van der Waals surface area contributed by atoms with Crippen molar-refractivity contribution in [2.45, 2.75) is 19.4 Å². The summed E-state index contributed by atoms with van der Waals surface area (Å²) in [4.78, 5) is 18.1. The summed E-state index contributed by atoms with van der Waals surface area (Å²) in [6, 6.07) is 5.36. The molecule has 0 aliphatic carbocycles. The van der Waals surface area contributed by atoms with Crippen LogP contribution >= 0.6 is 0 Å². The third-order valence-corrected chi connectivity index (χ3v) is 4.84. The molecule has 0 fully saturated rings. The Balaban J connectivity index is 2.68. The fourth-order valence-corrected chi connectivity index (χ4v) is 2.95. The predicted octanol–water partition coefficient (Wildman–Crippen LogP) is 5.83. The number of aliphatic hydroxyl groups excluding tert-OH is 1. The summed E-state index contributed by atoms with van der Waals surface area (Å²) in [5.74, 6) is 1.02. The van der Waals surface area contributed by atoms with E-state index < -0.39 is 6.10 Å². The van der Waals surface area contributed by atoms with Gasteiger partial charge in [0.2, 0.25) is 0 Å². The summed E-state index contributed by atoms with van der Waals surface area (Å²) in [5.41, 5.74) is 2.65. The van der Waals surface area contributed by atoms with E-state index in [0.717, 1.165) is 16.8 Å². The maximum absolute atomic E-state index is 12.2. The third-order valence-electron chi connectivity index (χ3n) is 4.84. The summed E-state index contributed by atoms with van der Waals surface area (Å²) in [7, 11) is 3.44. The Kier molecular flexibility index (Phi) is 14.4. The number of hydrogen-bond donors (Lipinski definition) is 1. The van der Waals surface area contributed by atoms with Crippen LogP contribution in [0.2, 0.25) is 0 Å². The Bertz CT molecular complexity index is 1070. The minimum absolute atomic E-state index is 0.0318. The molecule has 0 bridgehead atoms. The molecule has 0 amide bonds. The largest absolute Gasteiger partial charge is 0.496 e. The van der Waals surface area contributed by atoms with E-state index in [0.29, 0.717) is 18.1 Å². The van der Waals surface area contributed by atoms with Gasteiger partial charge in [-0.05, 0) is 49.1 Å². The highest BCUT2D eigenvalue weighted by atomic mass is 16.5. The first-order valence-corrected chi connectivity index (χ1v) is 11.4. The lowest BCUT2D eigenvalue weighted by molar-refractivity contribution is -0.115. The molecule has 1 aromatic carbocycles. The van der Waals surface area contributed by atoms with Crippen molar-refractivity contribution in [1.29, 1.82) is 0 Å². The molecule has 1 atom stereocenters. The first-order chi connectivity index (χ1) is 17.4. The number of carbonyl (C=O) groups excluding carboxylic acids is 1. The van der Waals surface area contributed by atoms with Gasteiger partial charge in [0.15, 0.2) is 5.78 Å². The zero-order valence-electron chi connectivity index (χ0n) is 21.3. The lowest BCUT2D eigenvalue weighted by Crippen LogP contribution is -2.09. The van der Waals surface area contributed by atoms with Crippen LogP contribution in [0.25, 0.3) is 6.08 Å². The van der Waals surface area contributed by atoms with Crippen LogP contribution in [0, 0.1) is 0 Å². The number of nitrogens with zero attached hydrogens (tertiary/aromatic N) is 2. The van der Waals surface area contributed by atoms with Crippen LogP contribution in [0.1, 0.15) is 18.9 Å². The van der Waals surface area contributed by atoms with Gasteiger partial charge in [0, 0.05) is 43.2 Å². The van der Waals surface area contributed by atoms with Crippen molar-refractivity contribution >= 4 is 18.1 Å². The summed E-state index contributed by atoms with van der Waals surface area (Å²) in [6.07, 6.45) is 19.1. The van der Waals surface area contributed by atoms with Gasteiger partial charge >= 0.3 is 0 Å². The van der Waals surface area contributed by atoms with Gasteiger partial charge in [0.25, 0.3) is 0 Å². The molecule has 0 aliphatic heterocycles. The van der Waals surface area contributed by atoms with Gasteiger partial charge in [-0.1, -0.05) is 56.2 Å². The lowest BCUT2D eigenvalue weighted by atomic mass is 10.1. The van der Waals surface area contributed by atoms with Crippen LogP contribution in [0.4, 0.5) is 0 Å². The van der Waals surface area contributed by atoms with Crippen molar-refractivity contribution in [2.24, 2.45) is 4.99 Å². The molecule has 36 heavy (non-hydrogen) atoms. The highest BCUT2D eigenvalue weighted by molar-refractivity contribution is 5.90. The maximum atomic E-state index is 12.2. The van der Waals surface area contributed by atoms with Gasteiger partial charge in [-0.2, -0.15) is 0 Å². The SMILES string of the molecule is C=C/C=C\N=CCOc1ccc(/C=C/C(O)CC(=O)/C=C/C=C/C(C)=C(\C=C)N(C)C=C)c(OC)c1. The minimum atomic E-state index is -0.929. The van der Waals surface area contributed by atoms with E-state index in [2.05, 4.69) is 24.7 Å². The van der Waals surface area contributed by atoms with E-state index in [-0.39, 0.29) is 12.2 Å². The van der Waals surface area contributed by atoms with E-state index in [1.807, 2.05) is 31.0 Å². The number of rotatable bonds is 16. The number of benzene rings is 1. The van der Waals surface area contributed by atoms with Crippen molar-refractivity contribution in [1.82, 2.24) is 4.90 Å². The second-order valence-corrected chi connectivity index (χ2v) is 7.50. The number of hydrogen-bond acceptors (Lipinski definition) is 6. The van der Waals surface area contributed by atoms with E-state index >= 15 is 0 Å². The molecular formula is C30H36N2O4. The molecule has 0 saturated heterocycles. The van der Waals surface area contributed by atoms with Crippen LogP contribution in [0.15, 0.2) is 115 Å². The maximum Gasteiger partial charge on any atom is 0.158 e. The van der Waals surface area contributed by atoms with Gasteiger partial charge in [-0.25, -0.2) is 0 Å². The average molecular weight is 489 g/mol. The molecule has 6 nitrogen and oxygen atoms in total. The first-order valence-electron chi connectivity index (χ1n) is 11.4. The Morgan fingerprint density at radius 2 is 1.94 bits per heavy atom. The normalized spacial score (nSPS) is 13.4. The smallest absolute Gasteiger partial charge is 0.158 e. The molecule has 0 spiro atoms. The molecule has 1 unspecified atom stereocenters. The van der Waals surface area contributed by atoms with Crippen LogP contribution in [-0.2, 0) is 4.79 Å². The number of likely N-dealkylation sites (N-methyl/N-ethyl adjacent to an activating group) is 1. The quantitative estimate of drug-likeness (QED) is 0.180. The molecule has 190 valence electrons. The number of methoxy groups -OCH3 is 1. The van der Waals surface area contributed by atoms with E-state index in [4.69, 9.17) is 9.47 Å². The van der Waals surface area contributed by atoms with Crippen molar-refractivity contribution in [2.75, 3.05) is 20.8 Å². The Morgan fingerprint density at radius 3 is 2.61 bits per heavy atom. The third kappa shape index (κ3) is 11.3. The van der Waals surface area contributed by atoms with Crippen molar-refractivity contribution in [3.8, 4) is 11.5 Å². The molecule has 0 saturated carbocycles. The second-order valence-electron chi connectivity index (χ2n) is 7.50. The van der Waals surface area contributed by atoms with E-state index in [1.54, 1.807) is 80.4 Å². The van der Waals surface area contributed by atoms with E-state index in [9.17, 15) is 9.90 Å². The highest BCUT2D eigenvalue weighted by Crippen LogP contribution is 2.26. The van der Waals surface area contributed by atoms with Gasteiger partial charge in [-0.3, -0.25) is 9.79 Å². The number of aliphatic hydroxyl groups is 1. The van der Waals surface area contributed by atoms with Crippen molar-refractivity contribution in [3.63, 3.8) is 0 Å². The van der Waals surface area contributed by atoms with Crippen molar-refractivity contribution in [3.05, 3.63) is 116 Å². The summed E-state index contributed by atoms with van der Waals surface area (Å²) in [5, 5.41) is 10.3. The van der Waals surface area contributed by atoms with E-state index in [1.165, 1.54) is 6.08 Å².